The normalized spacial score (nSPS) is 14.8. The summed E-state index contributed by atoms with van der Waals surface area (Å²) in [6.07, 6.45) is 2.12. The predicted octanol–water partition coefficient (Wildman–Crippen LogP) is 0.0355. The Bertz CT molecular complexity index is 863. The van der Waals surface area contributed by atoms with Gasteiger partial charge in [-0.1, -0.05) is 12.1 Å². The van der Waals surface area contributed by atoms with E-state index in [4.69, 9.17) is 19.3 Å². The monoisotopic (exact) mass is 509 g/mol. The molecule has 36 heavy (non-hydrogen) atoms. The van der Waals surface area contributed by atoms with Gasteiger partial charge in [-0.25, -0.2) is 0 Å². The van der Waals surface area contributed by atoms with Gasteiger partial charge in [-0.3, -0.25) is 24.5 Å². The van der Waals surface area contributed by atoms with Crippen molar-refractivity contribution in [1.82, 2.24) is 10.2 Å². The van der Waals surface area contributed by atoms with Crippen LogP contribution in [-0.4, -0.2) is 107 Å². The molecular formula is C24H35N3O9. The highest BCUT2D eigenvalue weighted by molar-refractivity contribution is 6.08. The minimum Gasteiger partial charge on any atom is -0.400 e. The molecule has 1 aliphatic heterocycles. The highest BCUT2D eigenvalue weighted by atomic mass is 16.5. The number of carbonyl (C=O) groups is 5. The van der Waals surface area contributed by atoms with Gasteiger partial charge in [0.05, 0.1) is 45.2 Å². The zero-order valence-electron chi connectivity index (χ0n) is 20.7. The Morgan fingerprint density at radius 3 is 2.33 bits per heavy atom. The Kier molecular flexibility index (Phi) is 15.5. The molecule has 12 heteroatoms. The lowest BCUT2D eigenvalue weighted by atomic mass is 10.0. The van der Waals surface area contributed by atoms with Gasteiger partial charge in [0.2, 0.25) is 11.8 Å². The van der Waals surface area contributed by atoms with Gasteiger partial charge < -0.3 is 34.3 Å². The molecule has 3 amide bonds. The highest BCUT2D eigenvalue weighted by Gasteiger charge is 2.34. The summed E-state index contributed by atoms with van der Waals surface area (Å²) in [7, 11) is 2.48. The first kappa shape index (κ1) is 30.8. The van der Waals surface area contributed by atoms with Crippen LogP contribution in [0, 0.1) is 0 Å². The Balaban J connectivity index is 0.00000316. The standard InChI is InChI=1S/C23H31N3O8.CH4O/c1-26(19-6-7-20(29)25-22(19)30)23(31)21-17(16-28)4-2-5-18(21)24-8-11-33-13-15-34-14-12-32-10-3-9-27;1-2/h2,4-5,9,16,19,24H,3,6-8,10-15H2,1H3,(H,25,29,30);2H,1H3. The summed E-state index contributed by atoms with van der Waals surface area (Å²) >= 11 is 0. The van der Waals surface area contributed by atoms with Gasteiger partial charge in [-0.05, 0) is 12.5 Å². The molecule has 0 spiro atoms. The molecule has 12 nitrogen and oxygen atoms in total. The van der Waals surface area contributed by atoms with Crippen LogP contribution in [0.15, 0.2) is 18.2 Å². The molecule has 1 aromatic rings. The summed E-state index contributed by atoms with van der Waals surface area (Å²) < 4.78 is 16.0. The Hall–Kier alpha value is -3.19. The van der Waals surface area contributed by atoms with Crippen LogP contribution in [-0.2, 0) is 28.6 Å². The summed E-state index contributed by atoms with van der Waals surface area (Å²) in [6, 6.07) is 4.06. The van der Waals surface area contributed by atoms with Crippen LogP contribution in [0.4, 0.5) is 5.69 Å². The van der Waals surface area contributed by atoms with Crippen molar-refractivity contribution in [3.8, 4) is 0 Å². The third kappa shape index (κ3) is 10.2. The lowest BCUT2D eigenvalue weighted by molar-refractivity contribution is -0.136. The molecule has 1 unspecified atom stereocenters. The number of piperidine rings is 1. The molecule has 1 heterocycles. The maximum absolute atomic E-state index is 13.2. The molecule has 0 bridgehead atoms. The average molecular weight is 510 g/mol. The van der Waals surface area contributed by atoms with E-state index in [2.05, 4.69) is 10.6 Å². The molecule has 0 aromatic heterocycles. The third-order valence-electron chi connectivity index (χ3n) is 5.12. The van der Waals surface area contributed by atoms with Crippen molar-refractivity contribution in [2.75, 3.05) is 65.7 Å². The zero-order chi connectivity index (χ0) is 26.8. The first-order valence-electron chi connectivity index (χ1n) is 11.5. The number of benzene rings is 1. The number of nitrogens with zero attached hydrogens (tertiary/aromatic N) is 1. The van der Waals surface area contributed by atoms with Crippen LogP contribution >= 0.6 is 0 Å². The number of anilines is 1. The Morgan fingerprint density at radius 1 is 1.08 bits per heavy atom. The number of imide groups is 1. The third-order valence-corrected chi connectivity index (χ3v) is 5.12. The number of carbonyl (C=O) groups excluding carboxylic acids is 5. The SMILES string of the molecule is CN(C(=O)c1c(C=O)cccc1NCCOCCOCCOCCC=O)C1CCC(=O)NC1=O.CO. The molecule has 200 valence electrons. The summed E-state index contributed by atoms with van der Waals surface area (Å²) in [5, 5.41) is 12.3. The fourth-order valence-electron chi connectivity index (χ4n) is 3.36. The molecule has 1 saturated heterocycles. The molecule has 1 aromatic carbocycles. The van der Waals surface area contributed by atoms with E-state index in [0.29, 0.717) is 64.6 Å². The van der Waals surface area contributed by atoms with Gasteiger partial charge >= 0.3 is 0 Å². The molecule has 0 aliphatic carbocycles. The van der Waals surface area contributed by atoms with Crippen molar-refractivity contribution < 1.29 is 43.3 Å². The highest BCUT2D eigenvalue weighted by Crippen LogP contribution is 2.23. The molecule has 2 rings (SSSR count). The van der Waals surface area contributed by atoms with Crippen LogP contribution in [0.2, 0.25) is 0 Å². The minimum absolute atomic E-state index is 0.142. The van der Waals surface area contributed by atoms with E-state index in [-0.39, 0.29) is 29.9 Å². The van der Waals surface area contributed by atoms with E-state index < -0.39 is 17.9 Å². The van der Waals surface area contributed by atoms with Gasteiger partial charge in [-0.15, -0.1) is 0 Å². The Labute approximate surface area is 210 Å². The topological polar surface area (TPSA) is 161 Å². The molecule has 0 saturated carbocycles. The molecule has 1 fully saturated rings. The minimum atomic E-state index is -0.795. The zero-order valence-corrected chi connectivity index (χ0v) is 20.7. The molecular weight excluding hydrogens is 474 g/mol. The number of aliphatic hydroxyl groups excluding tert-OH is 1. The molecule has 3 N–H and O–H groups in total. The van der Waals surface area contributed by atoms with Crippen molar-refractivity contribution in [3.63, 3.8) is 0 Å². The molecule has 0 radical (unpaired) electrons. The van der Waals surface area contributed by atoms with Crippen LogP contribution in [0.5, 0.6) is 0 Å². The van der Waals surface area contributed by atoms with Crippen molar-refractivity contribution >= 4 is 36.0 Å². The van der Waals surface area contributed by atoms with Gasteiger partial charge in [0.25, 0.3) is 5.91 Å². The van der Waals surface area contributed by atoms with Crippen LogP contribution in [0.3, 0.4) is 0 Å². The predicted molar refractivity (Wildman–Crippen MR) is 130 cm³/mol. The number of ether oxygens (including phenoxy) is 3. The lowest BCUT2D eigenvalue weighted by Crippen LogP contribution is -2.53. The summed E-state index contributed by atoms with van der Waals surface area (Å²) in [4.78, 5) is 59.7. The number of nitrogens with one attached hydrogen (secondary N) is 2. The molecule has 1 aliphatic rings. The quantitative estimate of drug-likeness (QED) is 0.158. The van der Waals surface area contributed by atoms with Gasteiger partial charge in [0.15, 0.2) is 6.29 Å². The van der Waals surface area contributed by atoms with Crippen molar-refractivity contribution in [2.24, 2.45) is 0 Å². The number of hydrogen-bond acceptors (Lipinski definition) is 10. The fraction of sp³-hybridized carbons (Fsp3) is 0.542. The second-order valence-electron chi connectivity index (χ2n) is 7.49. The van der Waals surface area contributed by atoms with Crippen molar-refractivity contribution in [2.45, 2.75) is 25.3 Å². The van der Waals surface area contributed by atoms with E-state index in [9.17, 15) is 24.0 Å². The Morgan fingerprint density at radius 2 is 1.72 bits per heavy atom. The number of hydrogen-bond donors (Lipinski definition) is 3. The first-order valence-corrected chi connectivity index (χ1v) is 11.5. The van der Waals surface area contributed by atoms with Crippen LogP contribution in [0.1, 0.15) is 40.0 Å². The first-order chi connectivity index (χ1) is 17.5. The summed E-state index contributed by atoms with van der Waals surface area (Å²) in [5.74, 6) is -1.40. The van der Waals surface area contributed by atoms with Crippen molar-refractivity contribution in [1.29, 1.82) is 0 Å². The van der Waals surface area contributed by atoms with E-state index in [1.165, 1.54) is 18.0 Å². The summed E-state index contributed by atoms with van der Waals surface area (Å²) in [6.45, 7) is 2.67. The smallest absolute Gasteiger partial charge is 0.257 e. The second-order valence-corrected chi connectivity index (χ2v) is 7.49. The van der Waals surface area contributed by atoms with Crippen LogP contribution in [0.25, 0.3) is 0 Å². The second kappa shape index (κ2) is 18.1. The van der Waals surface area contributed by atoms with E-state index in [1.54, 1.807) is 12.1 Å². The maximum atomic E-state index is 13.2. The lowest BCUT2D eigenvalue weighted by Gasteiger charge is -2.30. The number of rotatable bonds is 16. The van der Waals surface area contributed by atoms with E-state index >= 15 is 0 Å². The fourth-order valence-corrected chi connectivity index (χ4v) is 3.36. The number of amides is 3. The number of likely N-dealkylation sites (N-methyl/N-ethyl adjacent to an activating group) is 1. The number of aldehydes is 2. The number of aliphatic hydroxyl groups is 1. The maximum Gasteiger partial charge on any atom is 0.257 e. The average Bonchev–Trinajstić information content (AvgIpc) is 2.89. The van der Waals surface area contributed by atoms with Crippen LogP contribution < -0.4 is 10.6 Å². The van der Waals surface area contributed by atoms with Gasteiger partial charge in [-0.2, -0.15) is 0 Å². The van der Waals surface area contributed by atoms with E-state index in [1.807, 2.05) is 0 Å². The van der Waals surface area contributed by atoms with Crippen molar-refractivity contribution in [3.05, 3.63) is 29.3 Å². The summed E-state index contributed by atoms with van der Waals surface area (Å²) in [5.41, 5.74) is 0.794. The van der Waals surface area contributed by atoms with Gasteiger partial charge in [0, 0.05) is 44.8 Å². The largest absolute Gasteiger partial charge is 0.400 e. The van der Waals surface area contributed by atoms with E-state index in [0.717, 1.165) is 13.4 Å². The van der Waals surface area contributed by atoms with Gasteiger partial charge in [0.1, 0.15) is 12.3 Å². The molecule has 1 atom stereocenters.